The van der Waals surface area contributed by atoms with Gasteiger partial charge in [-0.05, 0) is 12.3 Å². The number of carbonyl (C=O) groups is 2. The standard InChI is InChI=1S/C10H15NO3/c12-9-8(11-10(13)14-9)6-7-4-2-1-3-5-7/h7-8H,1-6H2,(H,11,13)/t8-/m1/s1. The van der Waals surface area contributed by atoms with Gasteiger partial charge < -0.3 is 10.1 Å². The molecule has 1 amide bonds. The molecule has 78 valence electrons. The Morgan fingerprint density at radius 2 is 1.93 bits per heavy atom. The van der Waals surface area contributed by atoms with Crippen LogP contribution in [0.25, 0.3) is 0 Å². The van der Waals surface area contributed by atoms with Gasteiger partial charge in [-0.25, -0.2) is 9.59 Å². The number of rotatable bonds is 2. The van der Waals surface area contributed by atoms with Crippen LogP contribution in [0.4, 0.5) is 4.79 Å². The average Bonchev–Trinajstić information content (AvgIpc) is 2.47. The van der Waals surface area contributed by atoms with Gasteiger partial charge in [0.1, 0.15) is 6.04 Å². The zero-order valence-electron chi connectivity index (χ0n) is 8.12. The highest BCUT2D eigenvalue weighted by molar-refractivity contribution is 5.95. The second-order valence-electron chi connectivity index (χ2n) is 4.15. The average molecular weight is 197 g/mol. The Morgan fingerprint density at radius 3 is 2.50 bits per heavy atom. The van der Waals surface area contributed by atoms with Crippen LogP contribution in [0.2, 0.25) is 0 Å². The number of hydrogen-bond acceptors (Lipinski definition) is 3. The molecule has 2 rings (SSSR count). The minimum absolute atomic E-state index is 0.384. The lowest BCUT2D eigenvalue weighted by Gasteiger charge is -2.22. The van der Waals surface area contributed by atoms with Crippen LogP contribution in [0.15, 0.2) is 0 Å². The van der Waals surface area contributed by atoms with E-state index in [0.29, 0.717) is 5.92 Å². The van der Waals surface area contributed by atoms with Crippen LogP contribution in [-0.2, 0) is 9.53 Å². The first-order valence-electron chi connectivity index (χ1n) is 5.28. The molecule has 0 aromatic heterocycles. The van der Waals surface area contributed by atoms with E-state index in [0.717, 1.165) is 6.42 Å². The fourth-order valence-electron chi connectivity index (χ4n) is 2.30. The zero-order chi connectivity index (χ0) is 9.97. The summed E-state index contributed by atoms with van der Waals surface area (Å²) in [7, 11) is 0. The van der Waals surface area contributed by atoms with Crippen LogP contribution in [0.5, 0.6) is 0 Å². The molecule has 4 heteroatoms. The van der Waals surface area contributed by atoms with Crippen molar-refractivity contribution in [3.63, 3.8) is 0 Å². The van der Waals surface area contributed by atoms with Crippen LogP contribution in [0.3, 0.4) is 0 Å². The van der Waals surface area contributed by atoms with E-state index in [4.69, 9.17) is 0 Å². The highest BCUT2D eigenvalue weighted by Gasteiger charge is 2.34. The van der Waals surface area contributed by atoms with Gasteiger partial charge in [0, 0.05) is 0 Å². The summed E-state index contributed by atoms with van der Waals surface area (Å²) in [6, 6.07) is -0.384. The van der Waals surface area contributed by atoms with E-state index in [2.05, 4.69) is 10.1 Å². The smallest absolute Gasteiger partial charge is 0.375 e. The molecule has 0 bridgehead atoms. The molecular weight excluding hydrogens is 182 g/mol. The van der Waals surface area contributed by atoms with E-state index in [1.165, 1.54) is 32.1 Å². The molecule has 1 N–H and O–H groups in total. The molecule has 14 heavy (non-hydrogen) atoms. The molecule has 1 atom stereocenters. The summed E-state index contributed by atoms with van der Waals surface area (Å²) >= 11 is 0. The molecule has 1 aliphatic heterocycles. The first kappa shape index (κ1) is 9.49. The topological polar surface area (TPSA) is 55.4 Å². The Labute approximate surface area is 83.0 Å². The number of esters is 1. The second kappa shape index (κ2) is 3.98. The van der Waals surface area contributed by atoms with Gasteiger partial charge in [0.15, 0.2) is 0 Å². The minimum Gasteiger partial charge on any atom is -0.375 e. The van der Waals surface area contributed by atoms with Gasteiger partial charge in [-0.3, -0.25) is 0 Å². The minimum atomic E-state index is -0.587. The zero-order valence-corrected chi connectivity index (χ0v) is 8.12. The number of carbonyl (C=O) groups excluding carboxylic acids is 2. The van der Waals surface area contributed by atoms with Crippen molar-refractivity contribution in [1.82, 2.24) is 5.32 Å². The third kappa shape index (κ3) is 2.05. The Bertz CT molecular complexity index is 246. The molecule has 2 fully saturated rings. The number of alkyl carbamates (subject to hydrolysis) is 1. The molecule has 1 saturated carbocycles. The van der Waals surface area contributed by atoms with Crippen molar-refractivity contribution in [2.75, 3.05) is 0 Å². The summed E-state index contributed by atoms with van der Waals surface area (Å²) in [5.41, 5.74) is 0. The summed E-state index contributed by atoms with van der Waals surface area (Å²) in [5.74, 6) is 0.181. The molecule has 1 saturated heterocycles. The largest absolute Gasteiger partial charge is 0.415 e. The van der Waals surface area contributed by atoms with Crippen LogP contribution >= 0.6 is 0 Å². The lowest BCUT2D eigenvalue weighted by molar-refractivity contribution is -0.135. The number of cyclic esters (lactones) is 2. The molecule has 0 aromatic rings. The Kier molecular flexibility index (Phi) is 2.70. The molecule has 0 spiro atoms. The Hall–Kier alpha value is -1.06. The van der Waals surface area contributed by atoms with Gasteiger partial charge in [0.25, 0.3) is 0 Å². The number of nitrogens with one attached hydrogen (secondary N) is 1. The van der Waals surface area contributed by atoms with Crippen molar-refractivity contribution in [3.8, 4) is 0 Å². The first-order valence-corrected chi connectivity index (χ1v) is 5.28. The predicted molar refractivity (Wildman–Crippen MR) is 49.6 cm³/mol. The molecule has 2 aliphatic rings. The Balaban J connectivity index is 1.84. The fraction of sp³-hybridized carbons (Fsp3) is 0.800. The van der Waals surface area contributed by atoms with E-state index in [9.17, 15) is 9.59 Å². The first-order chi connectivity index (χ1) is 6.75. The maximum atomic E-state index is 11.2. The summed E-state index contributed by atoms with van der Waals surface area (Å²) in [5, 5.41) is 2.54. The van der Waals surface area contributed by atoms with E-state index in [1.54, 1.807) is 0 Å². The highest BCUT2D eigenvalue weighted by atomic mass is 16.6. The molecule has 0 aromatic carbocycles. The normalized spacial score (nSPS) is 28.7. The molecular formula is C10H15NO3. The maximum Gasteiger partial charge on any atom is 0.415 e. The van der Waals surface area contributed by atoms with E-state index in [-0.39, 0.29) is 6.04 Å². The summed E-state index contributed by atoms with van der Waals surface area (Å²) in [4.78, 5) is 21.9. The van der Waals surface area contributed by atoms with Crippen molar-refractivity contribution in [3.05, 3.63) is 0 Å². The van der Waals surface area contributed by atoms with Crippen LogP contribution in [-0.4, -0.2) is 18.1 Å². The summed E-state index contributed by atoms with van der Waals surface area (Å²) in [6.07, 6.45) is 6.33. The molecule has 1 heterocycles. The Morgan fingerprint density at radius 1 is 1.21 bits per heavy atom. The number of hydrogen-bond donors (Lipinski definition) is 1. The quantitative estimate of drug-likeness (QED) is 0.540. The highest BCUT2D eigenvalue weighted by Crippen LogP contribution is 2.28. The molecule has 0 radical (unpaired) electrons. The fourth-order valence-corrected chi connectivity index (χ4v) is 2.30. The van der Waals surface area contributed by atoms with E-state index >= 15 is 0 Å². The van der Waals surface area contributed by atoms with Gasteiger partial charge in [-0.15, -0.1) is 0 Å². The van der Waals surface area contributed by atoms with Crippen LogP contribution < -0.4 is 5.32 Å². The van der Waals surface area contributed by atoms with Crippen molar-refractivity contribution in [1.29, 1.82) is 0 Å². The third-order valence-electron chi connectivity index (χ3n) is 3.06. The molecule has 0 unspecified atom stereocenters. The maximum absolute atomic E-state index is 11.2. The van der Waals surface area contributed by atoms with Gasteiger partial charge >= 0.3 is 12.1 Å². The summed E-state index contributed by atoms with van der Waals surface area (Å²) in [6.45, 7) is 0. The summed E-state index contributed by atoms with van der Waals surface area (Å²) < 4.78 is 4.43. The third-order valence-corrected chi connectivity index (χ3v) is 3.06. The van der Waals surface area contributed by atoms with Gasteiger partial charge in [0.2, 0.25) is 0 Å². The second-order valence-corrected chi connectivity index (χ2v) is 4.15. The van der Waals surface area contributed by atoms with Crippen LogP contribution in [0.1, 0.15) is 38.5 Å². The van der Waals surface area contributed by atoms with Gasteiger partial charge in [-0.1, -0.05) is 32.1 Å². The lowest BCUT2D eigenvalue weighted by Crippen LogP contribution is -2.31. The van der Waals surface area contributed by atoms with Crippen molar-refractivity contribution in [2.24, 2.45) is 5.92 Å². The molecule has 4 nitrogen and oxygen atoms in total. The van der Waals surface area contributed by atoms with Gasteiger partial charge in [0.05, 0.1) is 0 Å². The lowest BCUT2D eigenvalue weighted by atomic mass is 9.85. The van der Waals surface area contributed by atoms with E-state index in [1.807, 2.05) is 0 Å². The predicted octanol–water partition coefficient (Wildman–Crippen LogP) is 1.59. The molecule has 1 aliphatic carbocycles. The monoisotopic (exact) mass is 197 g/mol. The van der Waals surface area contributed by atoms with E-state index < -0.39 is 12.1 Å². The van der Waals surface area contributed by atoms with Crippen molar-refractivity contribution < 1.29 is 14.3 Å². The van der Waals surface area contributed by atoms with Gasteiger partial charge in [-0.2, -0.15) is 0 Å². The van der Waals surface area contributed by atoms with Crippen molar-refractivity contribution >= 4 is 12.1 Å². The SMILES string of the molecule is O=C1N[C@H](CC2CCCCC2)C(=O)O1. The van der Waals surface area contributed by atoms with Crippen LogP contribution in [0, 0.1) is 5.92 Å². The number of amides is 1. The number of ether oxygens (including phenoxy) is 1. The van der Waals surface area contributed by atoms with Crippen molar-refractivity contribution in [2.45, 2.75) is 44.6 Å².